The van der Waals surface area contributed by atoms with E-state index in [0.717, 1.165) is 4.80 Å². The summed E-state index contributed by atoms with van der Waals surface area (Å²) in [4.78, 5) is 1.01. The molecule has 0 aliphatic rings. The van der Waals surface area contributed by atoms with Crippen LogP contribution in [0.2, 0.25) is 0 Å². The van der Waals surface area contributed by atoms with Crippen LogP contribution < -0.4 is 0 Å². The van der Waals surface area contributed by atoms with Crippen molar-refractivity contribution in [3.63, 3.8) is 0 Å². The van der Waals surface area contributed by atoms with Crippen molar-refractivity contribution in [2.45, 2.75) is 5.16 Å². The van der Waals surface area contributed by atoms with Crippen LogP contribution in [0.1, 0.15) is 0 Å². The second kappa shape index (κ2) is 2.17. The number of nitrogens with zero attached hydrogens (tertiary/aromatic N) is 4. The lowest BCUT2D eigenvalue weighted by molar-refractivity contribution is 0.595. The van der Waals surface area contributed by atoms with E-state index in [2.05, 4.69) is 15.4 Å². The Balaban J connectivity index is 3.21. The molecule has 6 nitrogen and oxygen atoms in total. The molecule has 0 saturated carbocycles. The molecule has 0 bridgehead atoms. The van der Waals surface area contributed by atoms with Crippen molar-refractivity contribution < 1.29 is 8.42 Å². The number of aryl methyl sites for hydroxylation is 1. The highest BCUT2D eigenvalue weighted by Gasteiger charge is 2.15. The molecule has 0 radical (unpaired) electrons. The molecule has 0 N–H and O–H groups in total. The average molecular weight is 183 g/mol. The number of hydrogen-bond acceptors (Lipinski definition) is 5. The molecule has 0 unspecified atom stereocenters. The van der Waals surface area contributed by atoms with E-state index in [4.69, 9.17) is 10.7 Å². The summed E-state index contributed by atoms with van der Waals surface area (Å²) in [6.45, 7) is 0. The zero-order valence-corrected chi connectivity index (χ0v) is 6.46. The zero-order valence-electron chi connectivity index (χ0n) is 4.89. The quantitative estimate of drug-likeness (QED) is 0.528. The van der Waals surface area contributed by atoms with Gasteiger partial charge in [-0.05, 0) is 5.21 Å². The van der Waals surface area contributed by atoms with Gasteiger partial charge >= 0.3 is 5.16 Å². The molecule has 0 saturated heterocycles. The SMILES string of the molecule is Cn1nnc(S(=O)(=O)Cl)n1. The number of tetrazole rings is 1. The Morgan fingerprint density at radius 1 is 1.60 bits per heavy atom. The largest absolute Gasteiger partial charge is 0.303 e. The Kier molecular flexibility index (Phi) is 1.61. The number of hydrogen-bond donors (Lipinski definition) is 0. The highest BCUT2D eigenvalue weighted by atomic mass is 35.7. The van der Waals surface area contributed by atoms with Gasteiger partial charge in [0.2, 0.25) is 0 Å². The predicted molar refractivity (Wildman–Crippen MR) is 31.8 cm³/mol. The molecule has 0 amide bonds. The molecule has 0 spiro atoms. The molecule has 10 heavy (non-hydrogen) atoms. The fourth-order valence-electron chi connectivity index (χ4n) is 0.364. The van der Waals surface area contributed by atoms with Crippen LogP contribution in [0, 0.1) is 0 Å². The van der Waals surface area contributed by atoms with E-state index in [9.17, 15) is 8.42 Å². The van der Waals surface area contributed by atoms with Crippen molar-refractivity contribution >= 4 is 19.7 Å². The van der Waals surface area contributed by atoms with Crippen LogP contribution in [0.3, 0.4) is 0 Å². The van der Waals surface area contributed by atoms with E-state index in [1.165, 1.54) is 7.05 Å². The van der Waals surface area contributed by atoms with Crippen molar-refractivity contribution in [2.24, 2.45) is 7.05 Å². The molecular formula is C2H3ClN4O2S. The highest BCUT2D eigenvalue weighted by Crippen LogP contribution is 2.05. The first-order valence-electron chi connectivity index (χ1n) is 2.19. The van der Waals surface area contributed by atoms with Gasteiger partial charge in [-0.25, -0.2) is 8.42 Å². The molecule has 1 aromatic rings. The van der Waals surface area contributed by atoms with Crippen molar-refractivity contribution in [2.75, 3.05) is 0 Å². The average Bonchev–Trinajstić information content (AvgIpc) is 2.11. The van der Waals surface area contributed by atoms with Gasteiger partial charge in [0.1, 0.15) is 0 Å². The molecule has 8 heteroatoms. The third-order valence-electron chi connectivity index (χ3n) is 0.708. The molecule has 0 atom stereocenters. The van der Waals surface area contributed by atoms with E-state index in [1.807, 2.05) is 0 Å². The van der Waals surface area contributed by atoms with Gasteiger partial charge in [0, 0.05) is 10.7 Å². The van der Waals surface area contributed by atoms with Crippen LogP contribution in [-0.2, 0) is 16.1 Å². The maximum Gasteiger partial charge on any atom is 0.303 e. The van der Waals surface area contributed by atoms with Gasteiger partial charge in [0.05, 0.1) is 7.05 Å². The Hall–Kier alpha value is -0.690. The summed E-state index contributed by atoms with van der Waals surface area (Å²) in [7, 11) is 2.49. The summed E-state index contributed by atoms with van der Waals surface area (Å²) in [5.41, 5.74) is 0. The Morgan fingerprint density at radius 3 is 2.40 bits per heavy atom. The monoisotopic (exact) mass is 182 g/mol. The maximum atomic E-state index is 10.4. The van der Waals surface area contributed by atoms with Crippen LogP contribution in [0.5, 0.6) is 0 Å². The van der Waals surface area contributed by atoms with E-state index < -0.39 is 14.2 Å². The minimum absolute atomic E-state index is 0.475. The Labute approximate surface area is 61.2 Å². The van der Waals surface area contributed by atoms with Gasteiger partial charge in [-0.1, -0.05) is 5.10 Å². The summed E-state index contributed by atoms with van der Waals surface area (Å²) in [5, 5.41) is 9.33. The van der Waals surface area contributed by atoms with Crippen molar-refractivity contribution in [3.05, 3.63) is 0 Å². The maximum absolute atomic E-state index is 10.4. The number of aromatic nitrogens is 4. The first-order valence-corrected chi connectivity index (χ1v) is 4.50. The third-order valence-corrected chi connectivity index (χ3v) is 1.72. The summed E-state index contributed by atoms with van der Waals surface area (Å²) in [6, 6.07) is 0. The number of rotatable bonds is 1. The van der Waals surface area contributed by atoms with Crippen molar-refractivity contribution in [1.82, 2.24) is 20.2 Å². The summed E-state index contributed by atoms with van der Waals surface area (Å²) in [6.07, 6.45) is 0. The Bertz CT molecular complexity index is 329. The van der Waals surface area contributed by atoms with Gasteiger partial charge in [0.15, 0.2) is 0 Å². The minimum atomic E-state index is -3.82. The molecular weight excluding hydrogens is 180 g/mol. The second-order valence-electron chi connectivity index (χ2n) is 1.50. The van der Waals surface area contributed by atoms with Crippen molar-refractivity contribution in [3.8, 4) is 0 Å². The fraction of sp³-hybridized carbons (Fsp3) is 0.500. The van der Waals surface area contributed by atoms with Crippen molar-refractivity contribution in [1.29, 1.82) is 0 Å². The van der Waals surface area contributed by atoms with E-state index >= 15 is 0 Å². The van der Waals surface area contributed by atoms with Crippen LogP contribution in [0.15, 0.2) is 5.16 Å². The lowest BCUT2D eigenvalue weighted by Gasteiger charge is -1.80. The predicted octanol–water partition coefficient (Wildman–Crippen LogP) is -0.862. The molecule has 1 rings (SSSR count). The molecule has 1 heterocycles. The topological polar surface area (TPSA) is 77.7 Å². The lowest BCUT2D eigenvalue weighted by Crippen LogP contribution is -1.95. The second-order valence-corrected chi connectivity index (χ2v) is 3.96. The van der Waals surface area contributed by atoms with Crippen LogP contribution in [-0.4, -0.2) is 28.6 Å². The third kappa shape index (κ3) is 1.42. The zero-order chi connectivity index (χ0) is 7.78. The first kappa shape index (κ1) is 7.42. The summed E-state index contributed by atoms with van der Waals surface area (Å²) < 4.78 is 20.9. The smallest absolute Gasteiger partial charge is 0.203 e. The van der Waals surface area contributed by atoms with E-state index in [0.29, 0.717) is 0 Å². The Morgan fingerprint density at radius 2 is 2.20 bits per heavy atom. The van der Waals surface area contributed by atoms with Gasteiger partial charge in [-0.2, -0.15) is 4.80 Å². The van der Waals surface area contributed by atoms with Crippen LogP contribution >= 0.6 is 10.7 Å². The van der Waals surface area contributed by atoms with Gasteiger partial charge < -0.3 is 0 Å². The van der Waals surface area contributed by atoms with Crippen LogP contribution in [0.25, 0.3) is 0 Å². The minimum Gasteiger partial charge on any atom is -0.203 e. The first-order chi connectivity index (χ1) is 4.50. The fourth-order valence-corrected chi connectivity index (χ4v) is 0.899. The molecule has 0 aliphatic heterocycles. The summed E-state index contributed by atoms with van der Waals surface area (Å²) >= 11 is 0. The van der Waals surface area contributed by atoms with Gasteiger partial charge in [-0.15, -0.1) is 5.10 Å². The summed E-state index contributed by atoms with van der Waals surface area (Å²) in [5.74, 6) is 0. The van der Waals surface area contributed by atoms with Crippen LogP contribution in [0.4, 0.5) is 0 Å². The van der Waals surface area contributed by atoms with E-state index in [-0.39, 0.29) is 0 Å². The molecule has 56 valence electrons. The highest BCUT2D eigenvalue weighted by molar-refractivity contribution is 8.13. The molecule has 0 fully saturated rings. The lowest BCUT2D eigenvalue weighted by atomic mass is 11.4. The molecule has 0 aromatic carbocycles. The number of halogens is 1. The molecule has 0 aliphatic carbocycles. The molecule has 1 aromatic heterocycles. The standard InChI is InChI=1S/C2H3ClN4O2S/c1-7-5-2(4-6-7)10(3,8)9/h1H3. The van der Waals surface area contributed by atoms with Gasteiger partial charge in [-0.3, -0.25) is 0 Å². The van der Waals surface area contributed by atoms with E-state index in [1.54, 1.807) is 0 Å². The normalized spacial score (nSPS) is 11.8. The van der Waals surface area contributed by atoms with Gasteiger partial charge in [0.25, 0.3) is 9.05 Å².